The molecule has 0 bridgehead atoms. The van der Waals surface area contributed by atoms with Gasteiger partial charge in [0.1, 0.15) is 6.07 Å². The smallest absolute Gasteiger partial charge is 0.180 e. The number of anilines is 1. The quantitative estimate of drug-likeness (QED) is 0.803. The summed E-state index contributed by atoms with van der Waals surface area (Å²) in [5, 5.41) is 8.86. The van der Waals surface area contributed by atoms with E-state index < -0.39 is 5.82 Å². The third-order valence-corrected chi connectivity index (χ3v) is 2.22. The molecule has 4 heteroatoms. The largest absolute Gasteiger partial charge is 0.451 e. The number of nitrogen functional groups attached to an aromatic ring is 1. The second-order valence-corrected chi connectivity index (χ2v) is 3.37. The maximum Gasteiger partial charge on any atom is 0.180 e. The van der Waals surface area contributed by atoms with Crippen LogP contribution in [0.4, 0.5) is 10.1 Å². The first-order chi connectivity index (χ1) is 8.22. The van der Waals surface area contributed by atoms with E-state index in [4.69, 9.17) is 15.7 Å². The summed E-state index contributed by atoms with van der Waals surface area (Å²) in [6.07, 6.45) is 0. The van der Waals surface area contributed by atoms with Gasteiger partial charge in [-0.05, 0) is 24.3 Å². The molecule has 3 nitrogen and oxygen atoms in total. The van der Waals surface area contributed by atoms with Crippen LogP contribution in [0.3, 0.4) is 0 Å². The van der Waals surface area contributed by atoms with Gasteiger partial charge < -0.3 is 10.5 Å². The highest BCUT2D eigenvalue weighted by atomic mass is 19.1. The number of nitrogens with zero attached hydrogens (tertiary/aromatic N) is 1. The maximum atomic E-state index is 13.5. The van der Waals surface area contributed by atoms with E-state index in [-0.39, 0.29) is 11.3 Å². The molecular weight excluding hydrogens is 219 g/mol. The molecule has 0 heterocycles. The summed E-state index contributed by atoms with van der Waals surface area (Å²) in [5.41, 5.74) is 6.20. The first-order valence-corrected chi connectivity index (χ1v) is 4.93. The zero-order valence-corrected chi connectivity index (χ0v) is 8.85. The Morgan fingerprint density at radius 2 is 1.88 bits per heavy atom. The summed E-state index contributed by atoms with van der Waals surface area (Å²) in [7, 11) is 0. The van der Waals surface area contributed by atoms with E-state index in [1.54, 1.807) is 24.3 Å². The Morgan fingerprint density at radius 3 is 2.59 bits per heavy atom. The zero-order chi connectivity index (χ0) is 12.3. The minimum atomic E-state index is -0.590. The summed E-state index contributed by atoms with van der Waals surface area (Å²) < 4.78 is 18.9. The van der Waals surface area contributed by atoms with Crippen LogP contribution in [0.1, 0.15) is 5.56 Å². The molecule has 0 saturated heterocycles. The zero-order valence-electron chi connectivity index (χ0n) is 8.85. The number of nitriles is 1. The van der Waals surface area contributed by atoms with Crippen LogP contribution in [0.15, 0.2) is 42.5 Å². The first-order valence-electron chi connectivity index (χ1n) is 4.93. The molecule has 0 aliphatic carbocycles. The Bertz CT molecular complexity index is 590. The lowest BCUT2D eigenvalue weighted by atomic mass is 10.2. The first kappa shape index (κ1) is 11.0. The molecule has 0 amide bonds. The lowest BCUT2D eigenvalue weighted by Gasteiger charge is -2.09. The van der Waals surface area contributed by atoms with Gasteiger partial charge in [0.2, 0.25) is 0 Å². The number of benzene rings is 2. The van der Waals surface area contributed by atoms with E-state index in [1.807, 2.05) is 6.07 Å². The van der Waals surface area contributed by atoms with E-state index >= 15 is 0 Å². The van der Waals surface area contributed by atoms with Crippen molar-refractivity contribution < 1.29 is 9.13 Å². The minimum absolute atomic E-state index is 0.104. The molecule has 0 aliphatic heterocycles. The molecule has 0 atom stereocenters. The Morgan fingerprint density at radius 1 is 1.12 bits per heavy atom. The summed E-state index contributed by atoms with van der Waals surface area (Å²) in [6.45, 7) is 0. The molecule has 0 spiro atoms. The second-order valence-electron chi connectivity index (χ2n) is 3.37. The highest BCUT2D eigenvalue weighted by Crippen LogP contribution is 2.31. The molecule has 17 heavy (non-hydrogen) atoms. The van der Waals surface area contributed by atoms with Gasteiger partial charge in [0.25, 0.3) is 0 Å². The van der Waals surface area contributed by atoms with Crippen molar-refractivity contribution in [3.63, 3.8) is 0 Å². The number of rotatable bonds is 2. The molecule has 2 aromatic rings. The van der Waals surface area contributed by atoms with Gasteiger partial charge in [-0.25, -0.2) is 4.39 Å². The van der Waals surface area contributed by atoms with Crippen molar-refractivity contribution in [3.8, 4) is 17.6 Å². The third-order valence-electron chi connectivity index (χ3n) is 2.22. The summed E-state index contributed by atoms with van der Waals surface area (Å²) in [6, 6.07) is 12.8. The van der Waals surface area contributed by atoms with E-state index in [2.05, 4.69) is 0 Å². The Balaban J connectivity index is 2.44. The van der Waals surface area contributed by atoms with Crippen molar-refractivity contribution in [2.45, 2.75) is 0 Å². The van der Waals surface area contributed by atoms with Gasteiger partial charge in [0, 0.05) is 0 Å². The minimum Gasteiger partial charge on any atom is -0.451 e. The van der Waals surface area contributed by atoms with Crippen molar-refractivity contribution in [2.75, 3.05) is 5.73 Å². The Hall–Kier alpha value is -2.54. The number of halogens is 1. The fourth-order valence-corrected chi connectivity index (χ4v) is 1.38. The normalized spacial score (nSPS) is 9.65. The van der Waals surface area contributed by atoms with Gasteiger partial charge in [-0.1, -0.05) is 18.2 Å². The van der Waals surface area contributed by atoms with Gasteiger partial charge in [0.05, 0.1) is 11.3 Å². The van der Waals surface area contributed by atoms with Crippen LogP contribution < -0.4 is 10.5 Å². The van der Waals surface area contributed by atoms with Crippen LogP contribution in [-0.4, -0.2) is 0 Å². The molecule has 2 N–H and O–H groups in total. The predicted octanol–water partition coefficient (Wildman–Crippen LogP) is 3.07. The summed E-state index contributed by atoms with van der Waals surface area (Å²) in [4.78, 5) is 0. The van der Waals surface area contributed by atoms with Crippen LogP contribution in [0.5, 0.6) is 11.5 Å². The highest BCUT2D eigenvalue weighted by molar-refractivity contribution is 5.55. The number of hydrogen-bond acceptors (Lipinski definition) is 3. The molecule has 0 aromatic heterocycles. The second kappa shape index (κ2) is 4.54. The van der Waals surface area contributed by atoms with Crippen LogP contribution in [0, 0.1) is 17.1 Å². The molecule has 84 valence electrons. The number of ether oxygens (including phenoxy) is 1. The van der Waals surface area contributed by atoms with Gasteiger partial charge in [-0.3, -0.25) is 0 Å². The third kappa shape index (κ3) is 2.18. The van der Waals surface area contributed by atoms with E-state index in [0.717, 1.165) is 0 Å². The molecule has 0 saturated carbocycles. The van der Waals surface area contributed by atoms with Crippen molar-refractivity contribution in [3.05, 3.63) is 53.8 Å². The maximum absolute atomic E-state index is 13.5. The van der Waals surface area contributed by atoms with Gasteiger partial charge in [0.15, 0.2) is 17.3 Å². The van der Waals surface area contributed by atoms with Crippen molar-refractivity contribution in [1.29, 1.82) is 5.26 Å². The fraction of sp³-hybridized carbons (Fsp3) is 0. The molecule has 2 rings (SSSR count). The van der Waals surface area contributed by atoms with Crippen LogP contribution in [0.2, 0.25) is 0 Å². The van der Waals surface area contributed by atoms with Crippen LogP contribution in [0.25, 0.3) is 0 Å². The van der Waals surface area contributed by atoms with Crippen molar-refractivity contribution in [2.24, 2.45) is 0 Å². The van der Waals surface area contributed by atoms with Crippen LogP contribution in [-0.2, 0) is 0 Å². The highest BCUT2D eigenvalue weighted by Gasteiger charge is 2.11. The Labute approximate surface area is 97.9 Å². The molecular formula is C13H9FN2O. The summed E-state index contributed by atoms with van der Waals surface area (Å²) >= 11 is 0. The molecule has 0 fully saturated rings. The van der Waals surface area contributed by atoms with E-state index in [0.29, 0.717) is 11.4 Å². The van der Waals surface area contributed by atoms with Crippen molar-refractivity contribution in [1.82, 2.24) is 0 Å². The number of para-hydroxylation sites is 3. The number of nitrogens with two attached hydrogens (primary N) is 1. The Kier molecular flexibility index (Phi) is 2.93. The molecule has 0 radical (unpaired) electrons. The van der Waals surface area contributed by atoms with Gasteiger partial charge in [-0.2, -0.15) is 5.26 Å². The number of hydrogen-bond donors (Lipinski definition) is 1. The fourth-order valence-electron chi connectivity index (χ4n) is 1.38. The predicted molar refractivity (Wildman–Crippen MR) is 62.0 cm³/mol. The average Bonchev–Trinajstić information content (AvgIpc) is 2.34. The molecule has 0 unspecified atom stereocenters. The van der Waals surface area contributed by atoms with Crippen LogP contribution >= 0.6 is 0 Å². The van der Waals surface area contributed by atoms with E-state index in [1.165, 1.54) is 18.2 Å². The SMILES string of the molecule is N#Cc1cccc(F)c1Oc1ccccc1N. The topological polar surface area (TPSA) is 59.0 Å². The van der Waals surface area contributed by atoms with E-state index in [9.17, 15) is 4.39 Å². The lowest BCUT2D eigenvalue weighted by molar-refractivity contribution is 0.442. The standard InChI is InChI=1S/C13H9FN2O/c14-10-5-3-4-9(8-15)13(10)17-12-7-2-1-6-11(12)16/h1-7H,16H2. The van der Waals surface area contributed by atoms with Gasteiger partial charge in [-0.15, -0.1) is 0 Å². The molecule has 2 aromatic carbocycles. The van der Waals surface area contributed by atoms with Gasteiger partial charge >= 0.3 is 0 Å². The molecule has 0 aliphatic rings. The lowest BCUT2D eigenvalue weighted by Crippen LogP contribution is -1.95. The average molecular weight is 228 g/mol. The monoisotopic (exact) mass is 228 g/mol. The van der Waals surface area contributed by atoms with Crippen molar-refractivity contribution >= 4 is 5.69 Å². The summed E-state index contributed by atoms with van der Waals surface area (Å²) in [5.74, 6) is -0.366.